The number of hydrogen-bond acceptors (Lipinski definition) is 4. The lowest BCUT2D eigenvalue weighted by Crippen LogP contribution is -2.32. The van der Waals surface area contributed by atoms with Gasteiger partial charge in [-0.05, 0) is 57.2 Å². The first-order chi connectivity index (χ1) is 10.4. The fourth-order valence-electron chi connectivity index (χ4n) is 2.99. The summed E-state index contributed by atoms with van der Waals surface area (Å²) in [7, 11) is 0. The van der Waals surface area contributed by atoms with Gasteiger partial charge in [0.2, 0.25) is 0 Å². The van der Waals surface area contributed by atoms with Gasteiger partial charge in [0.1, 0.15) is 11.5 Å². The highest BCUT2D eigenvalue weighted by molar-refractivity contribution is 5.81. The van der Waals surface area contributed by atoms with Crippen LogP contribution in [0, 0.1) is 26.7 Å². The van der Waals surface area contributed by atoms with E-state index in [9.17, 15) is 9.90 Å². The molecular weight excluding hydrogens is 280 g/mol. The fraction of sp³-hybridized carbons (Fsp3) is 0.500. The van der Waals surface area contributed by atoms with Gasteiger partial charge in [0.25, 0.3) is 0 Å². The molecule has 0 spiro atoms. The van der Waals surface area contributed by atoms with E-state index in [1.165, 1.54) is 6.08 Å². The Labute approximate surface area is 131 Å². The van der Waals surface area contributed by atoms with Crippen molar-refractivity contribution in [2.75, 3.05) is 6.61 Å². The Morgan fingerprint density at radius 3 is 2.68 bits per heavy atom. The minimum Gasteiger partial charge on any atom is -0.507 e. The van der Waals surface area contributed by atoms with E-state index in [1.54, 1.807) is 0 Å². The smallest absolute Gasteiger partial charge is 0.330 e. The van der Waals surface area contributed by atoms with E-state index < -0.39 is 5.97 Å². The molecule has 2 unspecified atom stereocenters. The molecule has 2 rings (SSSR count). The van der Waals surface area contributed by atoms with Crippen LogP contribution in [0.25, 0.3) is 0 Å². The van der Waals surface area contributed by atoms with Crippen LogP contribution in [0.3, 0.4) is 0 Å². The predicted molar refractivity (Wildman–Crippen MR) is 85.4 cm³/mol. The zero-order chi connectivity index (χ0) is 16.4. The van der Waals surface area contributed by atoms with Gasteiger partial charge in [-0.25, -0.2) is 4.79 Å². The Balaban J connectivity index is 2.18. The van der Waals surface area contributed by atoms with Crippen molar-refractivity contribution in [1.82, 2.24) is 0 Å². The predicted octanol–water partition coefficient (Wildman–Crippen LogP) is 3.38. The highest BCUT2D eigenvalue weighted by Gasteiger charge is 2.31. The molecular formula is C18H24O4. The van der Waals surface area contributed by atoms with Gasteiger partial charge in [-0.2, -0.15) is 0 Å². The highest BCUT2D eigenvalue weighted by atomic mass is 16.5. The molecule has 0 bridgehead atoms. The Morgan fingerprint density at radius 2 is 2.05 bits per heavy atom. The van der Waals surface area contributed by atoms with Gasteiger partial charge in [-0.3, -0.25) is 0 Å². The van der Waals surface area contributed by atoms with Crippen molar-refractivity contribution in [2.45, 2.75) is 46.6 Å². The number of aromatic hydroxyl groups is 1. The van der Waals surface area contributed by atoms with Gasteiger partial charge < -0.3 is 14.6 Å². The van der Waals surface area contributed by atoms with Crippen LogP contribution >= 0.6 is 0 Å². The molecule has 120 valence electrons. The molecule has 4 nitrogen and oxygen atoms in total. The Bertz CT molecular complexity index is 604. The number of phenolic OH excluding ortho intramolecular Hbond substituents is 1. The molecule has 0 saturated carbocycles. The molecule has 0 aromatic heterocycles. The number of rotatable bonds is 4. The molecule has 0 radical (unpaired) electrons. The van der Waals surface area contributed by atoms with Crippen LogP contribution in [0.2, 0.25) is 0 Å². The number of esters is 1. The maximum Gasteiger partial charge on any atom is 0.330 e. The zero-order valence-corrected chi connectivity index (χ0v) is 13.7. The number of ether oxygens (including phenoxy) is 2. The summed E-state index contributed by atoms with van der Waals surface area (Å²) in [5.74, 6) is 1.11. The molecule has 1 aliphatic rings. The molecule has 0 saturated heterocycles. The largest absolute Gasteiger partial charge is 0.507 e. The summed E-state index contributed by atoms with van der Waals surface area (Å²) < 4.78 is 11.2. The second-order valence-electron chi connectivity index (χ2n) is 5.98. The van der Waals surface area contributed by atoms with Crippen LogP contribution in [-0.4, -0.2) is 23.8 Å². The molecule has 0 aliphatic carbocycles. The average Bonchev–Trinajstić information content (AvgIpc) is 2.51. The van der Waals surface area contributed by atoms with Gasteiger partial charge in [0.05, 0.1) is 12.7 Å². The number of benzene rings is 1. The fourth-order valence-corrected chi connectivity index (χ4v) is 2.99. The van der Waals surface area contributed by atoms with E-state index in [4.69, 9.17) is 9.47 Å². The normalized spacial score (nSPS) is 20.0. The van der Waals surface area contributed by atoms with Crippen molar-refractivity contribution in [3.63, 3.8) is 0 Å². The van der Waals surface area contributed by atoms with Crippen LogP contribution < -0.4 is 4.74 Å². The summed E-state index contributed by atoms with van der Waals surface area (Å²) in [6, 6.07) is 0. The minimum absolute atomic E-state index is 0.0528. The lowest BCUT2D eigenvalue weighted by molar-refractivity contribution is -0.138. The molecule has 0 amide bonds. The molecule has 1 heterocycles. The van der Waals surface area contributed by atoms with Gasteiger partial charge >= 0.3 is 5.97 Å². The number of fused-ring (bicyclic) bond motifs is 1. The third kappa shape index (κ3) is 2.96. The van der Waals surface area contributed by atoms with Crippen molar-refractivity contribution in [3.8, 4) is 11.5 Å². The van der Waals surface area contributed by atoms with Crippen molar-refractivity contribution in [3.05, 3.63) is 34.9 Å². The second kappa shape index (κ2) is 6.42. The maximum atomic E-state index is 11.1. The third-order valence-electron chi connectivity index (χ3n) is 4.67. The van der Waals surface area contributed by atoms with E-state index in [-0.39, 0.29) is 12.0 Å². The summed E-state index contributed by atoms with van der Waals surface area (Å²) >= 11 is 0. The van der Waals surface area contributed by atoms with E-state index in [0.717, 1.165) is 40.8 Å². The van der Waals surface area contributed by atoms with Crippen molar-refractivity contribution >= 4 is 5.97 Å². The maximum absolute atomic E-state index is 11.1. The zero-order valence-electron chi connectivity index (χ0n) is 13.7. The van der Waals surface area contributed by atoms with Crippen LogP contribution in [-0.2, 0) is 16.0 Å². The first-order valence-electron chi connectivity index (χ1n) is 7.64. The van der Waals surface area contributed by atoms with Crippen LogP contribution in [0.4, 0.5) is 0 Å². The number of phenols is 1. The van der Waals surface area contributed by atoms with E-state index in [0.29, 0.717) is 12.4 Å². The summed E-state index contributed by atoms with van der Waals surface area (Å²) in [6.07, 6.45) is 2.78. The van der Waals surface area contributed by atoms with E-state index in [2.05, 4.69) is 6.58 Å². The van der Waals surface area contributed by atoms with Crippen molar-refractivity contribution in [1.29, 1.82) is 0 Å². The first kappa shape index (κ1) is 16.4. The summed E-state index contributed by atoms with van der Waals surface area (Å²) in [5, 5.41) is 10.2. The Morgan fingerprint density at radius 1 is 1.36 bits per heavy atom. The van der Waals surface area contributed by atoms with Gasteiger partial charge in [0.15, 0.2) is 0 Å². The third-order valence-corrected chi connectivity index (χ3v) is 4.67. The Kier molecular flexibility index (Phi) is 4.79. The van der Waals surface area contributed by atoms with Crippen LogP contribution in [0.15, 0.2) is 12.7 Å². The molecule has 4 heteroatoms. The summed E-state index contributed by atoms with van der Waals surface area (Å²) in [5.41, 5.74) is 3.83. The summed E-state index contributed by atoms with van der Waals surface area (Å²) in [6.45, 7) is 11.6. The molecule has 1 N–H and O–H groups in total. The van der Waals surface area contributed by atoms with Crippen molar-refractivity contribution in [2.24, 2.45) is 5.92 Å². The standard InChI is InChI=1S/C18H24O4/c1-6-16(19)21-8-7-14-9-15-12(4)17(20)10(2)11(3)18(15)22-13(14)5/h6,13-14,20H,1,7-9H2,2-5H3. The molecule has 1 aliphatic heterocycles. The molecule has 22 heavy (non-hydrogen) atoms. The molecule has 1 aromatic carbocycles. The van der Waals surface area contributed by atoms with Crippen molar-refractivity contribution < 1.29 is 19.4 Å². The SMILES string of the molecule is C=CC(=O)OCCC1Cc2c(C)c(O)c(C)c(C)c2OC1C. The number of carbonyl (C=O) groups is 1. The number of hydrogen-bond donors (Lipinski definition) is 1. The minimum atomic E-state index is -0.398. The lowest BCUT2D eigenvalue weighted by atomic mass is 9.84. The lowest BCUT2D eigenvalue weighted by Gasteiger charge is -2.34. The monoisotopic (exact) mass is 304 g/mol. The quantitative estimate of drug-likeness (QED) is 0.684. The molecule has 2 atom stereocenters. The summed E-state index contributed by atoms with van der Waals surface area (Å²) in [4.78, 5) is 11.1. The van der Waals surface area contributed by atoms with E-state index >= 15 is 0 Å². The molecule has 1 aromatic rings. The van der Waals surface area contributed by atoms with Gasteiger partial charge in [-0.1, -0.05) is 6.58 Å². The Hall–Kier alpha value is -1.97. The van der Waals surface area contributed by atoms with Gasteiger partial charge in [0, 0.05) is 17.6 Å². The van der Waals surface area contributed by atoms with Crippen LogP contribution in [0.1, 0.15) is 35.6 Å². The van der Waals surface area contributed by atoms with E-state index in [1.807, 2.05) is 27.7 Å². The first-order valence-corrected chi connectivity index (χ1v) is 7.64. The second-order valence-corrected chi connectivity index (χ2v) is 5.98. The average molecular weight is 304 g/mol. The molecule has 0 fully saturated rings. The highest BCUT2D eigenvalue weighted by Crippen LogP contribution is 2.42. The topological polar surface area (TPSA) is 55.8 Å². The number of carbonyl (C=O) groups excluding carboxylic acids is 1. The van der Waals surface area contributed by atoms with Gasteiger partial charge in [-0.15, -0.1) is 0 Å². The van der Waals surface area contributed by atoms with Crippen LogP contribution in [0.5, 0.6) is 11.5 Å².